The Kier molecular flexibility index (Phi) is 6.21. The normalized spacial score (nSPS) is 32.0. The molecule has 0 radical (unpaired) electrons. The van der Waals surface area contributed by atoms with E-state index in [1.165, 1.54) is 68.6 Å². The number of benzene rings is 1. The average molecular weight is 355 g/mol. The Morgan fingerprint density at radius 1 is 1.12 bits per heavy atom. The molecule has 0 unspecified atom stereocenters. The first kappa shape index (κ1) is 19.2. The third-order valence-corrected chi connectivity index (χ3v) is 7.08. The molecule has 1 aromatic rings. The number of hydrogen-bond donors (Lipinski definition) is 0. The molecule has 0 aliphatic heterocycles. The quantitative estimate of drug-likeness (QED) is 0.465. The molecule has 3 rings (SSSR count). The monoisotopic (exact) mass is 354 g/mol. The average Bonchev–Trinajstić information content (AvgIpc) is 2.68. The number of hydrogen-bond acceptors (Lipinski definition) is 2. The van der Waals surface area contributed by atoms with E-state index in [0.29, 0.717) is 18.4 Å². The van der Waals surface area contributed by atoms with Crippen LogP contribution in [-0.2, 0) is 9.53 Å². The molecule has 2 aliphatic rings. The largest absolute Gasteiger partial charge is 0.462 e. The summed E-state index contributed by atoms with van der Waals surface area (Å²) >= 11 is 0. The van der Waals surface area contributed by atoms with E-state index in [2.05, 4.69) is 44.7 Å². The molecule has 0 atom stereocenters. The Balaban J connectivity index is 1.65. The minimum Gasteiger partial charge on any atom is -0.462 e. The van der Waals surface area contributed by atoms with Crippen molar-refractivity contribution in [3.8, 4) is 0 Å². The Morgan fingerprint density at radius 2 is 1.73 bits per heavy atom. The minimum atomic E-state index is -0.267. The van der Waals surface area contributed by atoms with Crippen LogP contribution in [0.15, 0.2) is 36.9 Å². The van der Waals surface area contributed by atoms with Gasteiger partial charge in [-0.1, -0.05) is 56.2 Å². The van der Waals surface area contributed by atoms with Gasteiger partial charge in [-0.3, -0.25) is 0 Å². The number of carbonyl (C=O) groups excluding carboxylic acids is 1. The molecule has 0 aromatic heterocycles. The fourth-order valence-electron chi connectivity index (χ4n) is 5.16. The Morgan fingerprint density at radius 3 is 2.31 bits per heavy atom. The van der Waals surface area contributed by atoms with Gasteiger partial charge in [-0.05, 0) is 68.8 Å². The van der Waals surface area contributed by atoms with Crippen molar-refractivity contribution in [1.82, 2.24) is 0 Å². The molecule has 2 aliphatic carbocycles. The summed E-state index contributed by atoms with van der Waals surface area (Å²) in [5.74, 6) is 1.93. The van der Waals surface area contributed by atoms with E-state index >= 15 is 0 Å². The number of rotatable bonds is 5. The fourth-order valence-corrected chi connectivity index (χ4v) is 5.16. The van der Waals surface area contributed by atoms with E-state index in [-0.39, 0.29) is 11.4 Å². The molecule has 26 heavy (non-hydrogen) atoms. The molecule has 2 nitrogen and oxygen atoms in total. The van der Waals surface area contributed by atoms with Gasteiger partial charge in [0.25, 0.3) is 0 Å². The zero-order valence-corrected chi connectivity index (χ0v) is 16.5. The molecular weight excluding hydrogens is 320 g/mol. The highest BCUT2D eigenvalue weighted by molar-refractivity contribution is 5.81. The van der Waals surface area contributed by atoms with Crippen molar-refractivity contribution in [1.29, 1.82) is 0 Å². The summed E-state index contributed by atoms with van der Waals surface area (Å²) in [6.45, 7) is 8.64. The summed E-state index contributed by atoms with van der Waals surface area (Å²) in [5.41, 5.74) is 3.03. The second-order valence-corrected chi connectivity index (χ2v) is 8.82. The zero-order valence-electron chi connectivity index (χ0n) is 16.5. The molecule has 0 amide bonds. The first-order valence-electron chi connectivity index (χ1n) is 10.4. The zero-order chi connectivity index (χ0) is 18.6. The molecule has 2 heteroatoms. The molecule has 0 heterocycles. The van der Waals surface area contributed by atoms with E-state index in [0.717, 1.165) is 5.92 Å². The van der Waals surface area contributed by atoms with Crippen LogP contribution in [0, 0.1) is 24.2 Å². The standard InChI is InChI=1S/C24H34O2/c1-4-23(25)26-17-24(15-13-19(3)14-16-24)22-11-9-21(10-12-22)20-7-5-18(2)6-8-20/h4-8,19,21-22H,1,9-17H2,2-3H3. The molecule has 2 fully saturated rings. The van der Waals surface area contributed by atoms with E-state index in [1.54, 1.807) is 0 Å². The summed E-state index contributed by atoms with van der Waals surface area (Å²) in [5, 5.41) is 0. The predicted octanol–water partition coefficient (Wildman–Crippen LogP) is 6.19. The maximum Gasteiger partial charge on any atom is 0.330 e. The summed E-state index contributed by atoms with van der Waals surface area (Å²) in [6, 6.07) is 9.09. The highest BCUT2D eigenvalue weighted by Crippen LogP contribution is 2.51. The lowest BCUT2D eigenvalue weighted by molar-refractivity contribution is -0.145. The number of carbonyl (C=O) groups is 1. The van der Waals surface area contributed by atoms with E-state index < -0.39 is 0 Å². The number of ether oxygens (including phenoxy) is 1. The van der Waals surface area contributed by atoms with Crippen LogP contribution in [0.5, 0.6) is 0 Å². The molecule has 1 aromatic carbocycles. The lowest BCUT2D eigenvalue weighted by Gasteiger charge is -2.47. The van der Waals surface area contributed by atoms with Crippen LogP contribution >= 0.6 is 0 Å². The lowest BCUT2D eigenvalue weighted by Crippen LogP contribution is -2.41. The Labute approximate surface area is 159 Å². The third-order valence-electron chi connectivity index (χ3n) is 7.08. The first-order chi connectivity index (χ1) is 12.5. The molecular formula is C24H34O2. The molecule has 0 saturated heterocycles. The van der Waals surface area contributed by atoms with E-state index in [1.807, 2.05) is 0 Å². The van der Waals surface area contributed by atoms with Gasteiger partial charge < -0.3 is 4.74 Å². The van der Waals surface area contributed by atoms with Crippen molar-refractivity contribution < 1.29 is 9.53 Å². The highest BCUT2D eigenvalue weighted by atomic mass is 16.5. The molecule has 0 bridgehead atoms. The number of aryl methyl sites for hydroxylation is 1. The van der Waals surface area contributed by atoms with Crippen molar-refractivity contribution in [2.24, 2.45) is 17.3 Å². The summed E-state index contributed by atoms with van der Waals surface area (Å²) < 4.78 is 5.59. The second kappa shape index (κ2) is 8.41. The van der Waals surface area contributed by atoms with Gasteiger partial charge in [0, 0.05) is 11.5 Å². The van der Waals surface area contributed by atoms with Gasteiger partial charge in [-0.2, -0.15) is 0 Å². The van der Waals surface area contributed by atoms with Gasteiger partial charge >= 0.3 is 5.97 Å². The van der Waals surface area contributed by atoms with Crippen LogP contribution in [0.25, 0.3) is 0 Å². The fraction of sp³-hybridized carbons (Fsp3) is 0.625. The van der Waals surface area contributed by atoms with Crippen LogP contribution in [0.1, 0.15) is 75.3 Å². The van der Waals surface area contributed by atoms with Gasteiger partial charge in [-0.15, -0.1) is 0 Å². The van der Waals surface area contributed by atoms with Crippen molar-refractivity contribution in [3.63, 3.8) is 0 Å². The third kappa shape index (κ3) is 4.39. The smallest absolute Gasteiger partial charge is 0.330 e. The molecule has 142 valence electrons. The summed E-state index contributed by atoms with van der Waals surface area (Å²) in [6.07, 6.45) is 11.3. The summed E-state index contributed by atoms with van der Waals surface area (Å²) in [7, 11) is 0. The van der Waals surface area contributed by atoms with Gasteiger partial charge in [-0.25, -0.2) is 4.79 Å². The van der Waals surface area contributed by atoms with Crippen molar-refractivity contribution >= 4 is 5.97 Å². The number of esters is 1. The van der Waals surface area contributed by atoms with Crippen molar-refractivity contribution in [2.45, 2.75) is 71.1 Å². The summed E-state index contributed by atoms with van der Waals surface area (Å²) in [4.78, 5) is 11.7. The van der Waals surface area contributed by atoms with Gasteiger partial charge in [0.2, 0.25) is 0 Å². The van der Waals surface area contributed by atoms with Crippen LogP contribution < -0.4 is 0 Å². The molecule has 2 saturated carbocycles. The predicted molar refractivity (Wildman–Crippen MR) is 107 cm³/mol. The molecule has 0 N–H and O–H groups in total. The topological polar surface area (TPSA) is 26.3 Å². The Hall–Kier alpha value is -1.57. The van der Waals surface area contributed by atoms with Crippen molar-refractivity contribution in [3.05, 3.63) is 48.0 Å². The van der Waals surface area contributed by atoms with Gasteiger partial charge in [0.05, 0.1) is 6.61 Å². The van der Waals surface area contributed by atoms with Gasteiger partial charge in [0.15, 0.2) is 0 Å². The SMILES string of the molecule is C=CC(=O)OCC1(C2CCC(c3ccc(C)cc3)CC2)CCC(C)CC1. The maximum atomic E-state index is 11.7. The molecule has 0 spiro atoms. The first-order valence-corrected chi connectivity index (χ1v) is 10.4. The van der Waals surface area contributed by atoms with Crippen LogP contribution in [0.3, 0.4) is 0 Å². The van der Waals surface area contributed by atoms with Crippen molar-refractivity contribution in [2.75, 3.05) is 6.61 Å². The van der Waals surface area contributed by atoms with Crippen LogP contribution in [-0.4, -0.2) is 12.6 Å². The van der Waals surface area contributed by atoms with E-state index in [4.69, 9.17) is 4.74 Å². The van der Waals surface area contributed by atoms with Crippen LogP contribution in [0.2, 0.25) is 0 Å². The van der Waals surface area contributed by atoms with Crippen LogP contribution in [0.4, 0.5) is 0 Å². The van der Waals surface area contributed by atoms with E-state index in [9.17, 15) is 4.79 Å². The highest BCUT2D eigenvalue weighted by Gasteiger charge is 2.43. The maximum absolute atomic E-state index is 11.7. The van der Waals surface area contributed by atoms with Gasteiger partial charge in [0.1, 0.15) is 0 Å². The second-order valence-electron chi connectivity index (χ2n) is 8.82. The minimum absolute atomic E-state index is 0.198. The lowest BCUT2D eigenvalue weighted by atomic mass is 9.59. The Bertz CT molecular complexity index is 600.